The maximum Gasteiger partial charge on any atom is 0.335 e. The summed E-state index contributed by atoms with van der Waals surface area (Å²) in [5, 5.41) is 13.2. The number of amides is 1. The molecule has 21 heavy (non-hydrogen) atoms. The largest absolute Gasteiger partial charge is 0.478 e. The number of carboxylic acid groups (broad SMARTS) is 1. The second-order valence-corrected chi connectivity index (χ2v) is 5.20. The molecule has 0 aliphatic rings. The van der Waals surface area contributed by atoms with E-state index in [2.05, 4.69) is 10.3 Å². The van der Waals surface area contributed by atoms with Crippen molar-refractivity contribution >= 4 is 28.9 Å². The molecule has 2 aromatic rings. The van der Waals surface area contributed by atoms with Gasteiger partial charge in [-0.15, -0.1) is 11.3 Å². The summed E-state index contributed by atoms with van der Waals surface area (Å²) in [6.07, 6.45) is 0. The first-order chi connectivity index (χ1) is 9.88. The molecular weight excluding hydrogens is 297 g/mol. The molecule has 0 fully saturated rings. The number of hydrogen-bond acceptors (Lipinski definition) is 5. The Bertz CT molecular complexity index is 700. The summed E-state index contributed by atoms with van der Waals surface area (Å²) in [6.45, 7) is 1.73. The van der Waals surface area contributed by atoms with Gasteiger partial charge in [-0.3, -0.25) is 4.79 Å². The lowest BCUT2D eigenvalue weighted by Crippen LogP contribution is -2.15. The highest BCUT2D eigenvalue weighted by molar-refractivity contribution is 7.09. The fraction of sp³-hybridized carbons (Fsp3) is 0.154. The highest BCUT2D eigenvalue weighted by Gasteiger charge is 2.16. The van der Waals surface area contributed by atoms with Gasteiger partial charge in [-0.2, -0.15) is 0 Å². The number of carboxylic acids is 1. The van der Waals surface area contributed by atoms with E-state index in [1.807, 2.05) is 0 Å². The summed E-state index contributed by atoms with van der Waals surface area (Å²) in [6, 6.07) is 2.84. The van der Waals surface area contributed by atoms with Gasteiger partial charge < -0.3 is 16.2 Å². The lowest BCUT2D eigenvalue weighted by Gasteiger charge is -2.06. The third-order valence-electron chi connectivity index (χ3n) is 2.61. The van der Waals surface area contributed by atoms with Crippen molar-refractivity contribution in [3.8, 4) is 0 Å². The Balaban J connectivity index is 2.22. The summed E-state index contributed by atoms with van der Waals surface area (Å²) in [4.78, 5) is 26.8. The molecule has 4 N–H and O–H groups in total. The summed E-state index contributed by atoms with van der Waals surface area (Å²) in [5.74, 6) is -2.56. The van der Waals surface area contributed by atoms with Crippen LogP contribution in [0.4, 0.5) is 10.1 Å². The van der Waals surface area contributed by atoms with Crippen LogP contribution in [0.1, 0.15) is 38.8 Å². The minimum absolute atomic E-state index is 0.104. The monoisotopic (exact) mass is 309 g/mol. The molecule has 0 aliphatic heterocycles. The van der Waals surface area contributed by atoms with Crippen molar-refractivity contribution in [1.82, 2.24) is 4.98 Å². The predicted octanol–water partition coefficient (Wildman–Crippen LogP) is 2.25. The van der Waals surface area contributed by atoms with Gasteiger partial charge in [0.05, 0.1) is 17.3 Å². The summed E-state index contributed by atoms with van der Waals surface area (Å²) in [7, 11) is 0. The average molecular weight is 309 g/mol. The van der Waals surface area contributed by atoms with E-state index in [9.17, 15) is 14.0 Å². The van der Waals surface area contributed by atoms with Crippen molar-refractivity contribution < 1.29 is 19.1 Å². The number of nitrogens with one attached hydrogen (secondary N) is 1. The fourth-order valence-corrected chi connectivity index (χ4v) is 2.30. The quantitative estimate of drug-likeness (QED) is 0.803. The molecule has 2 rings (SSSR count). The van der Waals surface area contributed by atoms with E-state index in [4.69, 9.17) is 10.8 Å². The van der Waals surface area contributed by atoms with Gasteiger partial charge in [0, 0.05) is 5.38 Å². The number of thiazole rings is 1. The Labute approximate surface area is 123 Å². The molecule has 6 nitrogen and oxygen atoms in total. The lowest BCUT2D eigenvalue weighted by molar-refractivity contribution is 0.0696. The third-order valence-corrected chi connectivity index (χ3v) is 3.65. The van der Waals surface area contributed by atoms with Gasteiger partial charge in [-0.05, 0) is 25.1 Å². The number of hydrogen-bond donors (Lipinski definition) is 3. The number of benzene rings is 1. The first-order valence-corrected chi connectivity index (χ1v) is 6.81. The summed E-state index contributed by atoms with van der Waals surface area (Å²) >= 11 is 1.22. The van der Waals surface area contributed by atoms with Crippen LogP contribution in [0.5, 0.6) is 0 Å². The Morgan fingerprint density at radius 3 is 2.76 bits per heavy atom. The number of nitrogens with zero attached hydrogens (tertiary/aromatic N) is 1. The van der Waals surface area contributed by atoms with Gasteiger partial charge in [0.1, 0.15) is 16.5 Å². The van der Waals surface area contributed by atoms with Crippen LogP contribution in [0.25, 0.3) is 0 Å². The lowest BCUT2D eigenvalue weighted by atomic mass is 10.2. The van der Waals surface area contributed by atoms with E-state index in [-0.39, 0.29) is 23.0 Å². The standard InChI is InChI=1S/C13H12FN3O3S/c1-6(15)12-17-10(5-21-12)11(18)16-9-4-7(13(19)20)2-3-8(9)14/h2-6H,15H2,1H3,(H,16,18)(H,19,20). The molecular formula is C13H12FN3O3S. The van der Waals surface area contributed by atoms with Gasteiger partial charge in [0.2, 0.25) is 0 Å². The molecule has 0 bridgehead atoms. The first kappa shape index (κ1) is 15.1. The zero-order valence-electron chi connectivity index (χ0n) is 11.0. The van der Waals surface area contributed by atoms with Crippen LogP contribution in [0, 0.1) is 5.82 Å². The number of aromatic carboxylic acids is 1. The summed E-state index contributed by atoms with van der Waals surface area (Å²) in [5.41, 5.74) is 5.42. The molecule has 1 aromatic heterocycles. The Morgan fingerprint density at radius 1 is 1.48 bits per heavy atom. The third kappa shape index (κ3) is 3.41. The molecule has 1 atom stereocenters. The van der Waals surface area contributed by atoms with Gasteiger partial charge in [-0.25, -0.2) is 14.2 Å². The van der Waals surface area contributed by atoms with E-state index in [1.54, 1.807) is 6.92 Å². The molecule has 8 heteroatoms. The SMILES string of the molecule is CC(N)c1nc(C(=O)Nc2cc(C(=O)O)ccc2F)cs1. The first-order valence-electron chi connectivity index (χ1n) is 5.93. The zero-order chi connectivity index (χ0) is 15.6. The fourth-order valence-electron chi connectivity index (χ4n) is 1.54. The van der Waals surface area contributed by atoms with E-state index >= 15 is 0 Å². The van der Waals surface area contributed by atoms with E-state index in [0.717, 1.165) is 18.2 Å². The van der Waals surface area contributed by atoms with Gasteiger partial charge in [0.15, 0.2) is 0 Å². The van der Waals surface area contributed by atoms with Crippen molar-refractivity contribution in [3.63, 3.8) is 0 Å². The number of carbonyl (C=O) groups is 2. The predicted molar refractivity (Wildman–Crippen MR) is 76.0 cm³/mol. The molecule has 110 valence electrons. The zero-order valence-corrected chi connectivity index (χ0v) is 11.8. The molecule has 1 heterocycles. The normalized spacial score (nSPS) is 12.0. The van der Waals surface area contributed by atoms with Crippen molar-refractivity contribution in [2.24, 2.45) is 5.73 Å². The molecule has 0 radical (unpaired) electrons. The van der Waals surface area contributed by atoms with Gasteiger partial charge in [0.25, 0.3) is 5.91 Å². The topological polar surface area (TPSA) is 105 Å². The smallest absolute Gasteiger partial charge is 0.335 e. The molecule has 1 amide bonds. The van der Waals surface area contributed by atoms with E-state index in [1.165, 1.54) is 16.7 Å². The number of aromatic nitrogens is 1. The minimum atomic E-state index is -1.21. The van der Waals surface area contributed by atoms with Crippen LogP contribution >= 0.6 is 11.3 Å². The number of nitrogens with two attached hydrogens (primary N) is 1. The van der Waals surface area contributed by atoms with Crippen molar-refractivity contribution in [1.29, 1.82) is 0 Å². The van der Waals surface area contributed by atoms with Crippen LogP contribution < -0.4 is 11.1 Å². The Kier molecular flexibility index (Phi) is 4.29. The van der Waals surface area contributed by atoms with Crippen LogP contribution in [-0.2, 0) is 0 Å². The molecule has 0 saturated heterocycles. The van der Waals surface area contributed by atoms with Crippen molar-refractivity contribution in [2.75, 3.05) is 5.32 Å². The highest BCUT2D eigenvalue weighted by Crippen LogP contribution is 2.19. The van der Waals surface area contributed by atoms with Crippen molar-refractivity contribution in [3.05, 3.63) is 45.7 Å². The van der Waals surface area contributed by atoms with E-state index < -0.39 is 17.7 Å². The second-order valence-electron chi connectivity index (χ2n) is 4.31. The Hall–Kier alpha value is -2.32. The van der Waals surface area contributed by atoms with Crippen LogP contribution in [-0.4, -0.2) is 22.0 Å². The van der Waals surface area contributed by atoms with Gasteiger partial charge in [-0.1, -0.05) is 0 Å². The minimum Gasteiger partial charge on any atom is -0.478 e. The highest BCUT2D eigenvalue weighted by atomic mass is 32.1. The van der Waals surface area contributed by atoms with Crippen LogP contribution in [0.15, 0.2) is 23.6 Å². The maximum absolute atomic E-state index is 13.6. The van der Waals surface area contributed by atoms with Crippen LogP contribution in [0.3, 0.4) is 0 Å². The number of carbonyl (C=O) groups excluding carboxylic acids is 1. The molecule has 0 aliphatic carbocycles. The van der Waals surface area contributed by atoms with Crippen LogP contribution in [0.2, 0.25) is 0 Å². The van der Waals surface area contributed by atoms with E-state index in [0.29, 0.717) is 5.01 Å². The van der Waals surface area contributed by atoms with Gasteiger partial charge >= 0.3 is 5.97 Å². The Morgan fingerprint density at radius 2 is 2.19 bits per heavy atom. The average Bonchev–Trinajstić information content (AvgIpc) is 2.90. The number of anilines is 1. The molecule has 0 spiro atoms. The molecule has 1 aromatic carbocycles. The maximum atomic E-state index is 13.6. The molecule has 0 saturated carbocycles. The number of halogens is 1. The summed E-state index contributed by atoms with van der Waals surface area (Å²) < 4.78 is 13.6. The van der Waals surface area contributed by atoms with Crippen molar-refractivity contribution in [2.45, 2.75) is 13.0 Å². The second kappa shape index (κ2) is 5.98. The number of rotatable bonds is 4. The molecule has 1 unspecified atom stereocenters.